The summed E-state index contributed by atoms with van der Waals surface area (Å²) in [6, 6.07) is 57.2. The summed E-state index contributed by atoms with van der Waals surface area (Å²) in [5.41, 5.74) is 10.8. The molecule has 0 saturated carbocycles. The predicted molar refractivity (Wildman–Crippen MR) is 213 cm³/mol. The molecule has 0 aliphatic heterocycles. The summed E-state index contributed by atoms with van der Waals surface area (Å²) in [5, 5.41) is 6.42. The zero-order valence-corrected chi connectivity index (χ0v) is 28.3. The van der Waals surface area contributed by atoms with Crippen LogP contribution in [0.25, 0.3) is 59.7 Å². The van der Waals surface area contributed by atoms with E-state index in [0.717, 1.165) is 22.6 Å². The van der Waals surface area contributed by atoms with E-state index in [1.807, 2.05) is 11.3 Å². The monoisotopic (exact) mass is 646 g/mol. The van der Waals surface area contributed by atoms with Crippen LogP contribution in [-0.2, 0) is 0 Å². The number of rotatable bonds is 6. The second-order valence-electron chi connectivity index (χ2n) is 12.7. The van der Waals surface area contributed by atoms with Gasteiger partial charge in [-0.25, -0.2) is 0 Å². The number of nitrogens with zero attached hydrogens (tertiary/aromatic N) is 2. The van der Waals surface area contributed by atoms with Crippen LogP contribution in [0.15, 0.2) is 158 Å². The highest BCUT2D eigenvalue weighted by molar-refractivity contribution is 7.25. The van der Waals surface area contributed by atoms with Gasteiger partial charge in [0.25, 0.3) is 0 Å². The van der Waals surface area contributed by atoms with Crippen molar-refractivity contribution in [3.63, 3.8) is 0 Å². The van der Waals surface area contributed by atoms with Gasteiger partial charge in [-0.15, -0.1) is 11.3 Å². The maximum Gasteiger partial charge on any atom is 0.0540 e. The number of thiophene rings is 1. The Morgan fingerprint density at radius 3 is 2.02 bits per heavy atom. The standard InChI is InChI=1S/C46H34N2S/c1-31-32(2)47(39-24-21-35-10-6-7-11-36(35)29-39)44-28-34(20-26-41(31)44)17-16-33-18-22-38(23-19-33)48(37-12-4-3-5-13-37)40-25-27-46-43(30-40)42-14-8-9-15-45(42)49-46/h3-30H,1-2H3/b17-16+. The van der Waals surface area contributed by atoms with Gasteiger partial charge >= 0.3 is 0 Å². The van der Waals surface area contributed by atoms with E-state index in [0.29, 0.717) is 0 Å². The zero-order valence-electron chi connectivity index (χ0n) is 27.5. The summed E-state index contributed by atoms with van der Waals surface area (Å²) in [6.45, 7) is 4.45. The molecule has 0 spiro atoms. The lowest BCUT2D eigenvalue weighted by Crippen LogP contribution is -2.09. The van der Waals surface area contributed by atoms with Gasteiger partial charge in [0.2, 0.25) is 0 Å². The van der Waals surface area contributed by atoms with E-state index in [1.54, 1.807) is 0 Å². The van der Waals surface area contributed by atoms with Crippen LogP contribution >= 0.6 is 11.3 Å². The third-order valence-corrected chi connectivity index (χ3v) is 10.9. The van der Waals surface area contributed by atoms with Crippen molar-refractivity contribution in [3.05, 3.63) is 180 Å². The fourth-order valence-corrected chi connectivity index (χ4v) is 8.24. The lowest BCUT2D eigenvalue weighted by molar-refractivity contribution is 1.04. The number of fused-ring (bicyclic) bond motifs is 5. The molecule has 2 aromatic heterocycles. The van der Waals surface area contributed by atoms with E-state index in [-0.39, 0.29) is 0 Å². The summed E-state index contributed by atoms with van der Waals surface area (Å²) in [7, 11) is 0. The highest BCUT2D eigenvalue weighted by Crippen LogP contribution is 2.40. The fraction of sp³-hybridized carbons (Fsp3) is 0.0435. The minimum absolute atomic E-state index is 1.13. The molecule has 2 nitrogen and oxygen atoms in total. The predicted octanol–water partition coefficient (Wildman–Crippen LogP) is 13.4. The Kier molecular flexibility index (Phi) is 7.14. The van der Waals surface area contributed by atoms with E-state index in [2.05, 4.69) is 193 Å². The van der Waals surface area contributed by atoms with Gasteiger partial charge in [0.05, 0.1) is 5.52 Å². The molecule has 0 N–H and O–H groups in total. The van der Waals surface area contributed by atoms with Crippen molar-refractivity contribution in [3.8, 4) is 5.69 Å². The first kappa shape index (κ1) is 29.3. The molecule has 0 amide bonds. The minimum Gasteiger partial charge on any atom is -0.314 e. The molecule has 2 heterocycles. The topological polar surface area (TPSA) is 8.17 Å². The van der Waals surface area contributed by atoms with E-state index in [4.69, 9.17) is 0 Å². The molecule has 234 valence electrons. The van der Waals surface area contributed by atoms with Gasteiger partial charge in [0.1, 0.15) is 0 Å². The molecule has 3 heteroatoms. The summed E-state index contributed by atoms with van der Waals surface area (Å²) < 4.78 is 5.03. The largest absolute Gasteiger partial charge is 0.314 e. The first-order valence-corrected chi connectivity index (χ1v) is 17.6. The number of para-hydroxylation sites is 1. The summed E-state index contributed by atoms with van der Waals surface area (Å²) >= 11 is 1.85. The average Bonchev–Trinajstić information content (AvgIpc) is 3.64. The van der Waals surface area contributed by atoms with Gasteiger partial charge in [0.15, 0.2) is 0 Å². The van der Waals surface area contributed by atoms with Crippen molar-refractivity contribution >= 4 is 82.4 Å². The lowest BCUT2D eigenvalue weighted by Gasteiger charge is -2.25. The molecular formula is C46H34N2S. The lowest BCUT2D eigenvalue weighted by atomic mass is 10.1. The van der Waals surface area contributed by atoms with E-state index < -0.39 is 0 Å². The molecule has 0 unspecified atom stereocenters. The van der Waals surface area contributed by atoms with E-state index in [1.165, 1.54) is 64.4 Å². The molecule has 49 heavy (non-hydrogen) atoms. The smallest absolute Gasteiger partial charge is 0.0540 e. The molecule has 0 aliphatic carbocycles. The fourth-order valence-electron chi connectivity index (χ4n) is 7.15. The third kappa shape index (κ3) is 5.20. The number of hydrogen-bond acceptors (Lipinski definition) is 2. The Bertz CT molecular complexity index is 2680. The van der Waals surface area contributed by atoms with Gasteiger partial charge in [-0.05, 0) is 108 Å². The normalized spacial score (nSPS) is 11.8. The number of hydrogen-bond donors (Lipinski definition) is 0. The van der Waals surface area contributed by atoms with Gasteiger partial charge in [-0.3, -0.25) is 0 Å². The number of aryl methyl sites for hydroxylation is 1. The Morgan fingerprint density at radius 1 is 0.490 bits per heavy atom. The SMILES string of the molecule is Cc1c(C)n(-c2ccc3ccccc3c2)c2cc(/C=C/c3ccc(N(c4ccccc4)c4ccc5sc6ccccc6c5c4)cc3)ccc12. The highest BCUT2D eigenvalue weighted by Gasteiger charge is 2.15. The summed E-state index contributed by atoms with van der Waals surface area (Å²) in [4.78, 5) is 2.35. The molecule has 0 atom stereocenters. The Labute approximate surface area is 290 Å². The van der Waals surface area contributed by atoms with Gasteiger partial charge in [-0.2, -0.15) is 0 Å². The maximum atomic E-state index is 2.40. The maximum absolute atomic E-state index is 2.40. The van der Waals surface area contributed by atoms with Crippen LogP contribution in [0.2, 0.25) is 0 Å². The molecule has 9 rings (SSSR count). The van der Waals surface area contributed by atoms with Crippen molar-refractivity contribution in [1.82, 2.24) is 4.57 Å². The van der Waals surface area contributed by atoms with Crippen LogP contribution in [0, 0.1) is 13.8 Å². The van der Waals surface area contributed by atoms with Crippen molar-refractivity contribution in [1.29, 1.82) is 0 Å². The van der Waals surface area contributed by atoms with Crippen molar-refractivity contribution in [2.75, 3.05) is 4.90 Å². The molecule has 0 radical (unpaired) electrons. The Morgan fingerprint density at radius 2 is 1.16 bits per heavy atom. The second kappa shape index (κ2) is 12.0. The molecule has 0 aliphatic rings. The van der Waals surface area contributed by atoms with Crippen molar-refractivity contribution < 1.29 is 0 Å². The molecule has 7 aromatic carbocycles. The Balaban J connectivity index is 1.05. The first-order valence-electron chi connectivity index (χ1n) is 16.8. The van der Waals surface area contributed by atoms with Crippen molar-refractivity contribution in [2.45, 2.75) is 13.8 Å². The molecular weight excluding hydrogens is 613 g/mol. The number of benzene rings is 7. The number of aromatic nitrogens is 1. The van der Waals surface area contributed by atoms with Crippen LogP contribution in [-0.4, -0.2) is 4.57 Å². The van der Waals surface area contributed by atoms with Crippen LogP contribution in [0.4, 0.5) is 17.1 Å². The zero-order chi connectivity index (χ0) is 32.9. The van der Waals surface area contributed by atoms with Gasteiger partial charge < -0.3 is 9.47 Å². The number of anilines is 3. The van der Waals surface area contributed by atoms with Crippen LogP contribution in [0.1, 0.15) is 22.4 Å². The minimum atomic E-state index is 1.13. The van der Waals surface area contributed by atoms with Crippen LogP contribution in [0.3, 0.4) is 0 Å². The van der Waals surface area contributed by atoms with Gasteiger partial charge in [-0.1, -0.05) is 103 Å². The molecule has 0 saturated heterocycles. The average molecular weight is 647 g/mol. The van der Waals surface area contributed by atoms with Gasteiger partial charge in [0, 0.05) is 54.0 Å². The molecule has 0 fully saturated rings. The van der Waals surface area contributed by atoms with Crippen molar-refractivity contribution in [2.24, 2.45) is 0 Å². The third-order valence-electron chi connectivity index (χ3n) is 9.79. The summed E-state index contributed by atoms with van der Waals surface area (Å²) in [5.74, 6) is 0. The first-order chi connectivity index (χ1) is 24.1. The van der Waals surface area contributed by atoms with E-state index >= 15 is 0 Å². The van der Waals surface area contributed by atoms with Crippen LogP contribution in [0.5, 0.6) is 0 Å². The summed E-state index contributed by atoms with van der Waals surface area (Å²) in [6.07, 6.45) is 4.44. The van der Waals surface area contributed by atoms with Crippen LogP contribution < -0.4 is 4.90 Å². The quantitative estimate of drug-likeness (QED) is 0.163. The molecule has 9 aromatic rings. The molecule has 0 bridgehead atoms. The highest BCUT2D eigenvalue weighted by atomic mass is 32.1. The Hall–Kier alpha value is -5.90. The second-order valence-corrected chi connectivity index (χ2v) is 13.8. The van der Waals surface area contributed by atoms with E-state index in [9.17, 15) is 0 Å².